The topological polar surface area (TPSA) is 41.5 Å². The number of thioether (sulfide) groups is 1. The van der Waals surface area contributed by atoms with Crippen molar-refractivity contribution in [2.24, 2.45) is 10.9 Å². The molecule has 2 saturated carbocycles. The number of dihydropyridines is 1. The largest absolute Gasteiger partial charge is 0.311 e. The molecule has 0 aromatic carbocycles. The molecule has 24 heavy (non-hydrogen) atoms. The van der Waals surface area contributed by atoms with Crippen molar-refractivity contribution in [2.45, 2.75) is 87.5 Å². The fourth-order valence-corrected chi connectivity index (χ4v) is 5.56. The first kappa shape index (κ1) is 18.0. The summed E-state index contributed by atoms with van der Waals surface area (Å²) >= 11 is 2.08. The molecule has 1 N–H and O–H groups in total. The SMILES string of the molecule is O=C(CCC1CCCCC1)NC1=NCC(SC2CCCCC2)C=C1. The van der Waals surface area contributed by atoms with E-state index in [2.05, 4.69) is 28.1 Å². The third-order valence-corrected chi connectivity index (χ3v) is 7.11. The molecule has 1 atom stereocenters. The van der Waals surface area contributed by atoms with Crippen molar-refractivity contribution in [3.05, 3.63) is 12.2 Å². The van der Waals surface area contributed by atoms with Gasteiger partial charge in [-0.25, -0.2) is 0 Å². The molecule has 2 aliphatic carbocycles. The minimum Gasteiger partial charge on any atom is -0.311 e. The standard InChI is InChI=1S/C20H32N2OS/c23-20(14-11-16-7-3-1-4-8-16)22-19-13-12-18(15-21-19)24-17-9-5-2-6-10-17/h12-13,16-18H,1-11,14-15H2,(H,21,22,23). The van der Waals surface area contributed by atoms with Crippen molar-refractivity contribution in [3.63, 3.8) is 0 Å². The third kappa shape index (κ3) is 5.94. The number of hydrogen-bond donors (Lipinski definition) is 1. The zero-order chi connectivity index (χ0) is 16.6. The number of carbonyl (C=O) groups is 1. The highest BCUT2D eigenvalue weighted by Crippen LogP contribution is 2.32. The molecule has 0 bridgehead atoms. The van der Waals surface area contributed by atoms with Gasteiger partial charge in [-0.1, -0.05) is 57.4 Å². The first-order chi connectivity index (χ1) is 11.8. The van der Waals surface area contributed by atoms with Crippen LogP contribution in [0.1, 0.15) is 77.0 Å². The van der Waals surface area contributed by atoms with Crippen molar-refractivity contribution in [1.82, 2.24) is 5.32 Å². The summed E-state index contributed by atoms with van der Waals surface area (Å²) in [6.45, 7) is 0.815. The number of hydrogen-bond acceptors (Lipinski definition) is 3. The molecule has 3 nitrogen and oxygen atoms in total. The van der Waals surface area contributed by atoms with E-state index in [1.54, 1.807) is 0 Å². The van der Waals surface area contributed by atoms with Crippen molar-refractivity contribution in [2.75, 3.05) is 6.54 Å². The molecule has 0 radical (unpaired) electrons. The number of rotatable bonds is 5. The molecule has 0 saturated heterocycles. The van der Waals surface area contributed by atoms with E-state index in [4.69, 9.17) is 0 Å². The normalized spacial score (nSPS) is 26.2. The van der Waals surface area contributed by atoms with E-state index >= 15 is 0 Å². The van der Waals surface area contributed by atoms with E-state index in [-0.39, 0.29) is 5.91 Å². The van der Waals surface area contributed by atoms with E-state index in [1.165, 1.54) is 64.2 Å². The number of aliphatic imine (C=N–C) groups is 1. The Kier molecular flexibility index (Phi) is 7.25. The summed E-state index contributed by atoms with van der Waals surface area (Å²) in [5.74, 6) is 1.68. The van der Waals surface area contributed by atoms with Crippen LogP contribution in [-0.4, -0.2) is 28.8 Å². The third-order valence-electron chi connectivity index (χ3n) is 5.60. The summed E-state index contributed by atoms with van der Waals surface area (Å²) in [6.07, 6.45) is 19.6. The lowest BCUT2D eigenvalue weighted by Crippen LogP contribution is -2.32. The fourth-order valence-electron chi connectivity index (χ4n) is 4.13. The quantitative estimate of drug-likeness (QED) is 0.770. The molecule has 3 aliphatic rings. The highest BCUT2D eigenvalue weighted by atomic mass is 32.2. The Labute approximate surface area is 151 Å². The highest BCUT2D eigenvalue weighted by molar-refractivity contribution is 8.00. The number of carbonyl (C=O) groups excluding carboxylic acids is 1. The Morgan fingerprint density at radius 2 is 1.79 bits per heavy atom. The first-order valence-electron chi connectivity index (χ1n) is 9.97. The molecule has 0 aromatic rings. The molecular weight excluding hydrogens is 316 g/mol. The van der Waals surface area contributed by atoms with Crippen molar-refractivity contribution in [3.8, 4) is 0 Å². The van der Waals surface area contributed by atoms with Crippen LogP contribution in [0.4, 0.5) is 0 Å². The van der Waals surface area contributed by atoms with E-state index in [0.717, 1.165) is 30.0 Å². The van der Waals surface area contributed by atoms with Gasteiger partial charge < -0.3 is 5.32 Å². The van der Waals surface area contributed by atoms with Crippen LogP contribution in [-0.2, 0) is 4.79 Å². The first-order valence-corrected chi connectivity index (χ1v) is 10.9. The van der Waals surface area contributed by atoms with Gasteiger partial charge in [0, 0.05) is 16.9 Å². The van der Waals surface area contributed by atoms with Crippen LogP contribution >= 0.6 is 11.8 Å². The van der Waals surface area contributed by atoms with Gasteiger partial charge >= 0.3 is 0 Å². The summed E-state index contributed by atoms with van der Waals surface area (Å²) in [6, 6.07) is 0. The Bertz CT molecular complexity index is 462. The smallest absolute Gasteiger partial charge is 0.225 e. The molecule has 134 valence electrons. The number of amides is 1. The van der Waals surface area contributed by atoms with Crippen LogP contribution < -0.4 is 5.32 Å². The van der Waals surface area contributed by atoms with Gasteiger partial charge in [0.2, 0.25) is 5.91 Å². The maximum absolute atomic E-state index is 12.1. The molecule has 0 aromatic heterocycles. The summed E-state index contributed by atoms with van der Waals surface area (Å²) in [5, 5.41) is 4.31. The van der Waals surface area contributed by atoms with Gasteiger partial charge in [0.1, 0.15) is 5.84 Å². The van der Waals surface area contributed by atoms with Gasteiger partial charge in [-0.2, -0.15) is 0 Å². The van der Waals surface area contributed by atoms with Gasteiger partial charge in [-0.3, -0.25) is 9.79 Å². The molecule has 4 heteroatoms. The Morgan fingerprint density at radius 1 is 1.08 bits per heavy atom. The zero-order valence-corrected chi connectivity index (χ0v) is 15.7. The molecule has 1 unspecified atom stereocenters. The van der Waals surface area contributed by atoms with Crippen LogP contribution in [0.25, 0.3) is 0 Å². The minimum atomic E-state index is 0.141. The molecule has 2 fully saturated rings. The van der Waals surface area contributed by atoms with Gasteiger partial charge in [-0.15, -0.1) is 11.8 Å². The maximum Gasteiger partial charge on any atom is 0.225 e. The van der Waals surface area contributed by atoms with Crippen LogP contribution in [0.15, 0.2) is 17.1 Å². The molecular formula is C20H32N2OS. The van der Waals surface area contributed by atoms with E-state index < -0.39 is 0 Å². The second kappa shape index (κ2) is 9.65. The summed E-state index contributed by atoms with van der Waals surface area (Å²) < 4.78 is 0. The van der Waals surface area contributed by atoms with Gasteiger partial charge in [0.15, 0.2) is 0 Å². The molecule has 1 heterocycles. The van der Waals surface area contributed by atoms with Crippen LogP contribution in [0.3, 0.4) is 0 Å². The fraction of sp³-hybridized carbons (Fsp3) is 0.800. The van der Waals surface area contributed by atoms with Gasteiger partial charge in [-0.05, 0) is 31.3 Å². The number of nitrogens with zero attached hydrogens (tertiary/aromatic N) is 1. The molecule has 1 aliphatic heterocycles. The Morgan fingerprint density at radius 3 is 2.46 bits per heavy atom. The van der Waals surface area contributed by atoms with E-state index in [0.29, 0.717) is 11.7 Å². The molecule has 3 rings (SSSR count). The van der Waals surface area contributed by atoms with E-state index in [9.17, 15) is 4.79 Å². The van der Waals surface area contributed by atoms with Gasteiger partial charge in [0.25, 0.3) is 0 Å². The number of nitrogens with one attached hydrogen (secondary N) is 1. The lowest BCUT2D eigenvalue weighted by Gasteiger charge is -2.25. The summed E-state index contributed by atoms with van der Waals surface area (Å²) in [4.78, 5) is 16.7. The zero-order valence-electron chi connectivity index (χ0n) is 14.8. The Balaban J connectivity index is 1.34. The summed E-state index contributed by atoms with van der Waals surface area (Å²) in [7, 11) is 0. The predicted molar refractivity (Wildman–Crippen MR) is 104 cm³/mol. The lowest BCUT2D eigenvalue weighted by atomic mass is 9.86. The van der Waals surface area contributed by atoms with Crippen molar-refractivity contribution >= 4 is 23.5 Å². The van der Waals surface area contributed by atoms with Crippen molar-refractivity contribution in [1.29, 1.82) is 0 Å². The average molecular weight is 349 g/mol. The number of amidine groups is 1. The van der Waals surface area contributed by atoms with Crippen LogP contribution in [0.5, 0.6) is 0 Å². The minimum absolute atomic E-state index is 0.141. The lowest BCUT2D eigenvalue weighted by molar-refractivity contribution is -0.120. The van der Waals surface area contributed by atoms with Gasteiger partial charge in [0.05, 0.1) is 6.54 Å². The monoisotopic (exact) mass is 348 g/mol. The highest BCUT2D eigenvalue weighted by Gasteiger charge is 2.20. The molecule has 0 spiro atoms. The Hall–Kier alpha value is -0.770. The summed E-state index contributed by atoms with van der Waals surface area (Å²) in [5.41, 5.74) is 0. The molecule has 1 amide bonds. The van der Waals surface area contributed by atoms with E-state index in [1.807, 2.05) is 6.08 Å². The second-order valence-corrected chi connectivity index (χ2v) is 9.15. The second-order valence-electron chi connectivity index (χ2n) is 7.61. The maximum atomic E-state index is 12.1. The van der Waals surface area contributed by atoms with Crippen LogP contribution in [0, 0.1) is 5.92 Å². The average Bonchev–Trinajstić information content (AvgIpc) is 2.63. The predicted octanol–water partition coefficient (Wildman–Crippen LogP) is 4.87. The van der Waals surface area contributed by atoms with Crippen LogP contribution in [0.2, 0.25) is 0 Å². The van der Waals surface area contributed by atoms with Crippen molar-refractivity contribution < 1.29 is 4.79 Å².